The zero-order chi connectivity index (χ0) is 13.4. The predicted molar refractivity (Wildman–Crippen MR) is 80.1 cm³/mol. The monoisotopic (exact) mass is 231 g/mol. The summed E-state index contributed by atoms with van der Waals surface area (Å²) in [5.74, 6) is 0. The van der Waals surface area contributed by atoms with Crippen LogP contribution in [0.5, 0.6) is 0 Å². The third-order valence-electron chi connectivity index (χ3n) is 2.49. The fourth-order valence-electron chi connectivity index (χ4n) is 1.78. The van der Waals surface area contributed by atoms with Gasteiger partial charge in [-0.25, -0.2) is 0 Å². The number of nitrogens with zero attached hydrogens (tertiary/aromatic N) is 1. The van der Waals surface area contributed by atoms with Crippen molar-refractivity contribution in [2.24, 2.45) is 0 Å². The number of benzene rings is 1. The Labute approximate surface area is 106 Å². The molecule has 0 bridgehead atoms. The Hall–Kier alpha value is -1.34. The summed E-state index contributed by atoms with van der Waals surface area (Å²) in [4.78, 5) is 2.16. The first-order chi connectivity index (χ1) is 8.10. The van der Waals surface area contributed by atoms with E-state index < -0.39 is 0 Å². The van der Waals surface area contributed by atoms with Crippen molar-refractivity contribution in [1.29, 1.82) is 0 Å². The van der Waals surface area contributed by atoms with E-state index in [4.69, 9.17) is 0 Å². The highest BCUT2D eigenvalue weighted by atomic mass is 15.0. The fraction of sp³-hybridized carbons (Fsp3) is 0.375. The molecule has 0 amide bonds. The highest BCUT2D eigenvalue weighted by molar-refractivity contribution is 5.68. The number of rotatable bonds is 4. The van der Waals surface area contributed by atoms with Crippen LogP contribution in [0.15, 0.2) is 25.3 Å². The van der Waals surface area contributed by atoms with Crippen LogP contribution in [0.25, 0.3) is 12.2 Å². The molecule has 1 rings (SSSR count). The first-order valence-electron chi connectivity index (χ1n) is 6.12. The summed E-state index contributed by atoms with van der Waals surface area (Å²) in [6, 6.07) is 4.31. The molecule has 1 heteroatoms. The molecule has 94 valence electrons. The minimum Gasteiger partial charge on any atom is -0.305 e. The maximum atomic E-state index is 3.88. The van der Waals surface area contributed by atoms with Gasteiger partial charge in [-0.1, -0.05) is 51.3 Å². The van der Waals surface area contributed by atoms with E-state index in [-0.39, 0.29) is 0 Å². The molecule has 1 aromatic rings. The van der Waals surface area contributed by atoms with Crippen molar-refractivity contribution in [2.45, 2.75) is 27.3 Å². The van der Waals surface area contributed by atoms with Gasteiger partial charge in [0.2, 0.25) is 0 Å². The molecule has 0 atom stereocenters. The van der Waals surface area contributed by atoms with Gasteiger partial charge in [0.25, 0.3) is 0 Å². The van der Waals surface area contributed by atoms with Crippen molar-refractivity contribution in [3.8, 4) is 0 Å². The normalized spacial score (nSPS) is 9.53. The van der Waals surface area contributed by atoms with Gasteiger partial charge in [-0.3, -0.25) is 0 Å². The molecule has 0 saturated carbocycles. The molecule has 1 aromatic carbocycles. The lowest BCUT2D eigenvalue weighted by molar-refractivity contribution is 0.402. The first kappa shape index (κ1) is 15.7. The minimum absolute atomic E-state index is 0.933. The summed E-state index contributed by atoms with van der Waals surface area (Å²) in [7, 11) is 4.14. The largest absolute Gasteiger partial charge is 0.305 e. The minimum atomic E-state index is 0.933. The molecule has 17 heavy (non-hydrogen) atoms. The summed E-state index contributed by atoms with van der Waals surface area (Å²) in [5, 5.41) is 0. The summed E-state index contributed by atoms with van der Waals surface area (Å²) < 4.78 is 0. The number of hydrogen-bond acceptors (Lipinski definition) is 1. The van der Waals surface area contributed by atoms with E-state index >= 15 is 0 Å². The third-order valence-corrected chi connectivity index (χ3v) is 2.49. The Morgan fingerprint density at radius 2 is 1.59 bits per heavy atom. The molecular weight excluding hydrogens is 206 g/mol. The van der Waals surface area contributed by atoms with Crippen molar-refractivity contribution >= 4 is 12.2 Å². The van der Waals surface area contributed by atoms with Gasteiger partial charge in [0.1, 0.15) is 0 Å². The highest BCUT2D eigenvalue weighted by Crippen LogP contribution is 2.22. The zero-order valence-electron chi connectivity index (χ0n) is 11.9. The van der Waals surface area contributed by atoms with E-state index in [1.807, 2.05) is 26.0 Å². The Balaban J connectivity index is 0.00000121. The lowest BCUT2D eigenvalue weighted by Crippen LogP contribution is -2.12. The Kier molecular flexibility index (Phi) is 7.24. The van der Waals surface area contributed by atoms with Crippen molar-refractivity contribution in [1.82, 2.24) is 4.90 Å². The molecule has 0 heterocycles. The molecule has 0 spiro atoms. The van der Waals surface area contributed by atoms with Gasteiger partial charge in [0, 0.05) is 6.54 Å². The van der Waals surface area contributed by atoms with Crippen molar-refractivity contribution in [3.05, 3.63) is 47.5 Å². The van der Waals surface area contributed by atoms with Gasteiger partial charge >= 0.3 is 0 Å². The molecule has 0 unspecified atom stereocenters. The van der Waals surface area contributed by atoms with E-state index in [0.29, 0.717) is 0 Å². The highest BCUT2D eigenvalue weighted by Gasteiger charge is 2.06. The van der Waals surface area contributed by atoms with Crippen LogP contribution in [0.3, 0.4) is 0 Å². The van der Waals surface area contributed by atoms with E-state index in [2.05, 4.69) is 51.2 Å². The second-order valence-corrected chi connectivity index (χ2v) is 4.01. The lowest BCUT2D eigenvalue weighted by atomic mass is 9.96. The molecule has 0 aliphatic rings. The lowest BCUT2D eigenvalue weighted by Gasteiger charge is -2.15. The van der Waals surface area contributed by atoms with Crippen LogP contribution in [0.1, 0.15) is 36.1 Å². The molecule has 1 nitrogen and oxygen atoms in total. The van der Waals surface area contributed by atoms with Crippen LogP contribution in [0, 0.1) is 6.92 Å². The van der Waals surface area contributed by atoms with Crippen LogP contribution < -0.4 is 0 Å². The van der Waals surface area contributed by atoms with Crippen LogP contribution in [0.4, 0.5) is 0 Å². The second kappa shape index (κ2) is 7.86. The maximum absolute atomic E-state index is 3.88. The summed E-state index contributed by atoms with van der Waals surface area (Å²) >= 11 is 0. The molecule has 0 saturated heterocycles. The van der Waals surface area contributed by atoms with Crippen molar-refractivity contribution < 1.29 is 0 Å². The number of aryl methyl sites for hydroxylation is 1. The Morgan fingerprint density at radius 3 is 2.00 bits per heavy atom. The topological polar surface area (TPSA) is 3.24 Å². The van der Waals surface area contributed by atoms with E-state index in [1.165, 1.54) is 22.3 Å². The van der Waals surface area contributed by atoms with Gasteiger partial charge in [-0.15, -0.1) is 0 Å². The van der Waals surface area contributed by atoms with Crippen LogP contribution in [0.2, 0.25) is 0 Å². The average molecular weight is 231 g/mol. The summed E-state index contributed by atoms with van der Waals surface area (Å²) in [6.07, 6.45) is 3.83. The van der Waals surface area contributed by atoms with Crippen LogP contribution >= 0.6 is 0 Å². The number of hydrogen-bond donors (Lipinski definition) is 0. The molecule has 0 radical (unpaired) electrons. The SMILES string of the molecule is C=Cc1c(C)ccc(CN(C)C)c1C=C.CC. The molecule has 0 aromatic heterocycles. The van der Waals surface area contributed by atoms with E-state index in [0.717, 1.165) is 6.54 Å². The Morgan fingerprint density at radius 1 is 1.06 bits per heavy atom. The van der Waals surface area contributed by atoms with E-state index in [9.17, 15) is 0 Å². The average Bonchev–Trinajstić information content (AvgIpc) is 2.32. The maximum Gasteiger partial charge on any atom is 0.0233 e. The summed E-state index contributed by atoms with van der Waals surface area (Å²) in [6.45, 7) is 14.8. The van der Waals surface area contributed by atoms with Gasteiger partial charge in [-0.05, 0) is 43.3 Å². The smallest absolute Gasteiger partial charge is 0.0233 e. The molecule has 0 aliphatic heterocycles. The third kappa shape index (κ3) is 4.20. The summed E-state index contributed by atoms with van der Waals surface area (Å²) in [5.41, 5.74) is 4.96. The van der Waals surface area contributed by atoms with Gasteiger partial charge in [0.15, 0.2) is 0 Å². The first-order valence-corrected chi connectivity index (χ1v) is 6.12. The second-order valence-electron chi connectivity index (χ2n) is 4.01. The van der Waals surface area contributed by atoms with Gasteiger partial charge < -0.3 is 4.90 Å². The van der Waals surface area contributed by atoms with Gasteiger partial charge in [0.05, 0.1) is 0 Å². The van der Waals surface area contributed by atoms with Crippen molar-refractivity contribution in [3.63, 3.8) is 0 Å². The molecule has 0 N–H and O–H groups in total. The zero-order valence-corrected chi connectivity index (χ0v) is 11.9. The molecular formula is C16H25N. The van der Waals surface area contributed by atoms with Crippen LogP contribution in [-0.4, -0.2) is 19.0 Å². The van der Waals surface area contributed by atoms with Crippen LogP contribution in [-0.2, 0) is 6.54 Å². The Bertz CT molecular complexity index is 375. The fourth-order valence-corrected chi connectivity index (χ4v) is 1.78. The standard InChI is InChI=1S/C14H19N.C2H6/c1-6-13-11(3)8-9-12(10-15(4)5)14(13)7-2;1-2/h6-9H,1-2,10H2,3-5H3;1-2H3. The van der Waals surface area contributed by atoms with Gasteiger partial charge in [-0.2, -0.15) is 0 Å². The quantitative estimate of drug-likeness (QED) is 0.744. The van der Waals surface area contributed by atoms with Crippen molar-refractivity contribution in [2.75, 3.05) is 14.1 Å². The molecule has 0 fully saturated rings. The molecule has 0 aliphatic carbocycles. The predicted octanol–water partition coefficient (Wildman–Crippen LogP) is 4.37. The van der Waals surface area contributed by atoms with E-state index in [1.54, 1.807) is 0 Å².